The minimum absolute atomic E-state index is 0.000622. The maximum atomic E-state index is 15.2. The molecular weight excluding hydrogens is 398 g/mol. The summed E-state index contributed by atoms with van der Waals surface area (Å²) >= 11 is 0. The standard InChI is InChI=1S/C18H20F2N8O2/c1-9-4-13(27-26-9)23-18-24-16(28-7-12(8-28)29-3)14(20)17(25-18)30-10(2)15-21-5-11(19)6-22-15/h4-6,10,12H,7-8H2,1-3H3,(H2,23,24,25,26,27). The molecule has 0 saturated carbocycles. The van der Waals surface area contributed by atoms with Crippen LogP contribution in [0.1, 0.15) is 24.5 Å². The number of aryl methyl sites for hydroxylation is 1. The minimum atomic E-state index is -0.772. The molecule has 30 heavy (non-hydrogen) atoms. The van der Waals surface area contributed by atoms with E-state index < -0.39 is 17.7 Å². The Morgan fingerprint density at radius 1 is 1.23 bits per heavy atom. The Morgan fingerprint density at radius 2 is 1.97 bits per heavy atom. The number of hydrogen-bond donors (Lipinski definition) is 2. The molecule has 2 N–H and O–H groups in total. The van der Waals surface area contributed by atoms with Crippen LogP contribution in [-0.4, -0.2) is 56.4 Å². The fourth-order valence-electron chi connectivity index (χ4n) is 2.87. The van der Waals surface area contributed by atoms with Gasteiger partial charge in [-0.3, -0.25) is 5.10 Å². The second-order valence-corrected chi connectivity index (χ2v) is 6.83. The molecule has 4 heterocycles. The molecule has 158 valence electrons. The Morgan fingerprint density at radius 3 is 2.60 bits per heavy atom. The topological polar surface area (TPSA) is 114 Å². The molecule has 0 radical (unpaired) electrons. The van der Waals surface area contributed by atoms with Gasteiger partial charge in [0.15, 0.2) is 29.4 Å². The molecule has 12 heteroatoms. The SMILES string of the molecule is COC1CN(c2nc(Nc3cc(C)[nH]n3)nc(OC(C)c3ncc(F)cn3)c2F)C1. The van der Waals surface area contributed by atoms with Gasteiger partial charge >= 0.3 is 0 Å². The first-order valence-electron chi connectivity index (χ1n) is 9.21. The van der Waals surface area contributed by atoms with Gasteiger partial charge in [0, 0.05) is 32.0 Å². The monoisotopic (exact) mass is 418 g/mol. The lowest BCUT2D eigenvalue weighted by molar-refractivity contribution is 0.0777. The van der Waals surface area contributed by atoms with Crippen molar-refractivity contribution in [3.05, 3.63) is 41.6 Å². The Bertz CT molecular complexity index is 1020. The molecule has 3 aromatic rings. The lowest BCUT2D eigenvalue weighted by Gasteiger charge is -2.39. The average Bonchev–Trinajstić information content (AvgIpc) is 3.09. The van der Waals surface area contributed by atoms with E-state index in [0.717, 1.165) is 18.1 Å². The van der Waals surface area contributed by atoms with Crippen molar-refractivity contribution in [2.45, 2.75) is 26.1 Å². The maximum absolute atomic E-state index is 15.2. The average molecular weight is 418 g/mol. The van der Waals surface area contributed by atoms with Gasteiger partial charge in [0.1, 0.15) is 0 Å². The summed E-state index contributed by atoms with van der Waals surface area (Å²) in [5, 5.41) is 9.80. The van der Waals surface area contributed by atoms with Crippen LogP contribution in [0.15, 0.2) is 18.5 Å². The number of ether oxygens (including phenoxy) is 2. The molecule has 10 nitrogen and oxygen atoms in total. The van der Waals surface area contributed by atoms with E-state index in [1.807, 2.05) is 6.92 Å². The van der Waals surface area contributed by atoms with E-state index in [2.05, 4.69) is 35.5 Å². The van der Waals surface area contributed by atoms with E-state index in [9.17, 15) is 4.39 Å². The number of hydrogen-bond acceptors (Lipinski definition) is 9. The van der Waals surface area contributed by atoms with Gasteiger partial charge in [-0.1, -0.05) is 0 Å². The summed E-state index contributed by atoms with van der Waals surface area (Å²) in [6, 6.07) is 1.76. The number of H-pyrrole nitrogens is 1. The van der Waals surface area contributed by atoms with E-state index >= 15 is 4.39 Å². The van der Waals surface area contributed by atoms with Crippen LogP contribution in [0.2, 0.25) is 0 Å². The van der Waals surface area contributed by atoms with Crippen LogP contribution in [0.4, 0.5) is 26.4 Å². The summed E-state index contributed by atoms with van der Waals surface area (Å²) in [5.41, 5.74) is 0.837. The third kappa shape index (κ3) is 4.13. The van der Waals surface area contributed by atoms with Crippen molar-refractivity contribution in [3.8, 4) is 5.88 Å². The predicted molar refractivity (Wildman–Crippen MR) is 103 cm³/mol. The Hall–Kier alpha value is -3.41. The highest BCUT2D eigenvalue weighted by Crippen LogP contribution is 2.32. The number of rotatable bonds is 7. The fraction of sp³-hybridized carbons (Fsp3) is 0.389. The Labute approximate surface area is 170 Å². The van der Waals surface area contributed by atoms with Crippen molar-refractivity contribution in [3.63, 3.8) is 0 Å². The Balaban J connectivity index is 1.63. The van der Waals surface area contributed by atoms with E-state index in [1.165, 1.54) is 0 Å². The van der Waals surface area contributed by atoms with Crippen LogP contribution in [0.25, 0.3) is 0 Å². The van der Waals surface area contributed by atoms with Crippen LogP contribution in [-0.2, 0) is 4.74 Å². The molecule has 0 amide bonds. The van der Waals surface area contributed by atoms with Crippen molar-refractivity contribution in [1.82, 2.24) is 30.1 Å². The maximum Gasteiger partial charge on any atom is 0.258 e. The second-order valence-electron chi connectivity index (χ2n) is 6.83. The molecule has 4 rings (SSSR count). The number of aromatic amines is 1. The molecule has 0 spiro atoms. The van der Waals surface area contributed by atoms with Crippen molar-refractivity contribution in [2.24, 2.45) is 0 Å². The first kappa shape index (κ1) is 19.9. The van der Waals surface area contributed by atoms with Gasteiger partial charge in [0.05, 0.1) is 18.5 Å². The smallest absolute Gasteiger partial charge is 0.258 e. The van der Waals surface area contributed by atoms with Gasteiger partial charge < -0.3 is 19.7 Å². The molecule has 1 unspecified atom stereocenters. The predicted octanol–water partition coefficient (Wildman–Crippen LogP) is 2.29. The highest BCUT2D eigenvalue weighted by molar-refractivity contribution is 5.55. The van der Waals surface area contributed by atoms with Gasteiger partial charge in [-0.15, -0.1) is 0 Å². The van der Waals surface area contributed by atoms with Gasteiger partial charge in [-0.25, -0.2) is 14.4 Å². The first-order valence-corrected chi connectivity index (χ1v) is 9.21. The van der Waals surface area contributed by atoms with Gasteiger partial charge in [0.25, 0.3) is 5.88 Å². The fourth-order valence-corrected chi connectivity index (χ4v) is 2.87. The zero-order valence-corrected chi connectivity index (χ0v) is 16.6. The van der Waals surface area contributed by atoms with Crippen LogP contribution in [0.5, 0.6) is 5.88 Å². The first-order chi connectivity index (χ1) is 14.4. The summed E-state index contributed by atoms with van der Waals surface area (Å²) in [6.07, 6.45) is 1.26. The quantitative estimate of drug-likeness (QED) is 0.596. The number of nitrogens with zero attached hydrogens (tertiary/aromatic N) is 6. The Kier molecular flexibility index (Phi) is 5.40. The summed E-state index contributed by atoms with van der Waals surface area (Å²) in [6.45, 7) is 4.44. The molecule has 1 atom stereocenters. The van der Waals surface area contributed by atoms with Crippen molar-refractivity contribution < 1.29 is 18.3 Å². The van der Waals surface area contributed by atoms with Crippen LogP contribution < -0.4 is 15.0 Å². The molecule has 0 bridgehead atoms. The molecule has 1 aliphatic rings. The summed E-state index contributed by atoms with van der Waals surface area (Å²) < 4.78 is 39.1. The molecule has 1 saturated heterocycles. The van der Waals surface area contributed by atoms with Crippen molar-refractivity contribution >= 4 is 17.6 Å². The molecule has 0 aromatic carbocycles. The third-order valence-electron chi connectivity index (χ3n) is 4.52. The summed E-state index contributed by atoms with van der Waals surface area (Å²) in [7, 11) is 1.60. The van der Waals surface area contributed by atoms with Crippen molar-refractivity contribution in [2.75, 3.05) is 30.4 Å². The van der Waals surface area contributed by atoms with Crippen LogP contribution in [0.3, 0.4) is 0 Å². The van der Waals surface area contributed by atoms with E-state index in [-0.39, 0.29) is 29.6 Å². The number of anilines is 3. The van der Waals surface area contributed by atoms with Crippen LogP contribution >= 0.6 is 0 Å². The lowest BCUT2D eigenvalue weighted by atomic mass is 10.1. The number of aromatic nitrogens is 6. The van der Waals surface area contributed by atoms with Gasteiger partial charge in [-0.2, -0.15) is 19.5 Å². The van der Waals surface area contributed by atoms with Crippen molar-refractivity contribution in [1.29, 1.82) is 0 Å². The second kappa shape index (κ2) is 8.14. The van der Waals surface area contributed by atoms with E-state index in [4.69, 9.17) is 9.47 Å². The largest absolute Gasteiger partial charge is 0.464 e. The molecular formula is C18H20F2N8O2. The minimum Gasteiger partial charge on any atom is -0.464 e. The molecule has 3 aromatic heterocycles. The zero-order valence-electron chi connectivity index (χ0n) is 16.6. The van der Waals surface area contributed by atoms with E-state index in [1.54, 1.807) is 25.0 Å². The molecule has 1 fully saturated rings. The molecule has 0 aliphatic carbocycles. The molecule has 1 aliphatic heterocycles. The van der Waals surface area contributed by atoms with Gasteiger partial charge in [-0.05, 0) is 13.8 Å². The lowest BCUT2D eigenvalue weighted by Crippen LogP contribution is -2.52. The van der Waals surface area contributed by atoms with Gasteiger partial charge in [0.2, 0.25) is 11.8 Å². The third-order valence-corrected chi connectivity index (χ3v) is 4.52. The number of halogens is 2. The summed E-state index contributed by atoms with van der Waals surface area (Å²) in [5.74, 6) is -0.719. The highest BCUT2D eigenvalue weighted by Gasteiger charge is 2.32. The summed E-state index contributed by atoms with van der Waals surface area (Å²) in [4.78, 5) is 17.9. The number of methoxy groups -OCH3 is 1. The normalized spacial score (nSPS) is 15.0. The van der Waals surface area contributed by atoms with E-state index in [0.29, 0.717) is 18.9 Å². The zero-order chi connectivity index (χ0) is 21.3. The highest BCUT2D eigenvalue weighted by atomic mass is 19.1. The van der Waals surface area contributed by atoms with Crippen LogP contribution in [0, 0.1) is 18.6 Å². The number of nitrogens with one attached hydrogen (secondary N) is 2.